The van der Waals surface area contributed by atoms with Gasteiger partial charge in [0.1, 0.15) is 5.82 Å². The van der Waals surface area contributed by atoms with Crippen molar-refractivity contribution >= 4 is 15.9 Å². The molecule has 7 nitrogen and oxygen atoms in total. The largest absolute Gasteiger partial charge is 0.493 e. The van der Waals surface area contributed by atoms with Crippen LogP contribution in [0, 0.1) is 5.82 Å². The van der Waals surface area contributed by atoms with Gasteiger partial charge in [-0.1, -0.05) is 13.0 Å². The molecule has 0 radical (unpaired) electrons. The average Bonchev–Trinajstić information content (AvgIpc) is 2.71. The molecule has 0 heterocycles. The van der Waals surface area contributed by atoms with Crippen LogP contribution in [0.2, 0.25) is 0 Å². The number of hydrogen-bond donors (Lipinski definition) is 1. The Bertz CT molecular complexity index is 948. The molecule has 0 aliphatic heterocycles. The lowest BCUT2D eigenvalue weighted by atomic mass is 10.1. The maximum Gasteiger partial charge on any atom is 0.243 e. The zero-order chi connectivity index (χ0) is 21.6. The molecular weight excluding hydrogens is 399 g/mol. The van der Waals surface area contributed by atoms with Gasteiger partial charge in [-0.25, -0.2) is 12.8 Å². The molecule has 0 aliphatic rings. The van der Waals surface area contributed by atoms with Crippen molar-refractivity contribution in [3.8, 4) is 11.5 Å². The number of rotatable bonds is 9. The summed E-state index contributed by atoms with van der Waals surface area (Å²) in [6.45, 7) is 3.15. The number of methoxy groups -OCH3 is 2. The first-order valence-corrected chi connectivity index (χ1v) is 10.4. The summed E-state index contributed by atoms with van der Waals surface area (Å²) in [5.74, 6) is 0.103. The summed E-state index contributed by atoms with van der Waals surface area (Å²) in [4.78, 5) is 12.4. The van der Waals surface area contributed by atoms with Gasteiger partial charge in [-0.2, -0.15) is 4.31 Å². The molecule has 0 spiro atoms. The highest BCUT2D eigenvalue weighted by Gasteiger charge is 2.26. The summed E-state index contributed by atoms with van der Waals surface area (Å²) in [5.41, 5.74) is 0.778. The third kappa shape index (κ3) is 5.45. The zero-order valence-electron chi connectivity index (χ0n) is 16.8. The maximum absolute atomic E-state index is 13.1. The van der Waals surface area contributed by atoms with Crippen molar-refractivity contribution in [2.24, 2.45) is 0 Å². The third-order valence-corrected chi connectivity index (χ3v) is 6.34. The molecular formula is C20H25FN2O5S. The van der Waals surface area contributed by atoms with Gasteiger partial charge in [0.25, 0.3) is 0 Å². The fourth-order valence-corrected chi connectivity index (χ4v) is 4.18. The van der Waals surface area contributed by atoms with Crippen LogP contribution >= 0.6 is 0 Å². The minimum Gasteiger partial charge on any atom is -0.493 e. The number of benzene rings is 2. The first-order chi connectivity index (χ1) is 13.7. The van der Waals surface area contributed by atoms with Crippen LogP contribution in [0.25, 0.3) is 0 Å². The Morgan fingerprint density at radius 3 is 2.28 bits per heavy atom. The number of halogens is 1. The number of amides is 1. The molecule has 1 atom stereocenters. The van der Waals surface area contributed by atoms with E-state index in [4.69, 9.17) is 9.47 Å². The number of carbonyl (C=O) groups is 1. The molecule has 1 amide bonds. The van der Waals surface area contributed by atoms with Gasteiger partial charge >= 0.3 is 0 Å². The van der Waals surface area contributed by atoms with Crippen molar-refractivity contribution in [1.82, 2.24) is 9.62 Å². The van der Waals surface area contributed by atoms with E-state index in [2.05, 4.69) is 5.32 Å². The van der Waals surface area contributed by atoms with E-state index in [9.17, 15) is 17.6 Å². The quantitative estimate of drug-likeness (QED) is 0.669. The van der Waals surface area contributed by atoms with E-state index in [0.29, 0.717) is 11.5 Å². The lowest BCUT2D eigenvalue weighted by Gasteiger charge is -2.22. The van der Waals surface area contributed by atoms with Crippen LogP contribution in [0.1, 0.15) is 25.5 Å². The van der Waals surface area contributed by atoms with E-state index >= 15 is 0 Å². The van der Waals surface area contributed by atoms with Gasteiger partial charge in [0.15, 0.2) is 11.5 Å². The second-order valence-corrected chi connectivity index (χ2v) is 8.23. The van der Waals surface area contributed by atoms with Gasteiger partial charge in [0.05, 0.1) is 31.7 Å². The summed E-state index contributed by atoms with van der Waals surface area (Å²) < 4.78 is 50.0. The smallest absolute Gasteiger partial charge is 0.243 e. The second kappa shape index (κ2) is 9.71. The highest BCUT2D eigenvalue weighted by atomic mass is 32.2. The van der Waals surface area contributed by atoms with Gasteiger partial charge in [-0.3, -0.25) is 4.79 Å². The number of likely N-dealkylation sites (N-methyl/N-ethyl adjacent to an activating group) is 1. The first kappa shape index (κ1) is 22.6. The maximum atomic E-state index is 13.1. The minimum atomic E-state index is -3.91. The van der Waals surface area contributed by atoms with Crippen LogP contribution in [0.5, 0.6) is 11.5 Å². The van der Waals surface area contributed by atoms with Crippen LogP contribution in [0.15, 0.2) is 47.4 Å². The standard InChI is InChI=1S/C20H25FN2O5S/c1-5-23(29(25,26)17-9-7-16(21)8-10-17)13-20(24)22-14(2)15-6-11-18(27-3)19(12-15)28-4/h6-12,14H,5,13H2,1-4H3,(H,22,24). The minimum absolute atomic E-state index is 0.0681. The van der Waals surface area contributed by atoms with Gasteiger partial charge in [-0.05, 0) is 48.9 Å². The Morgan fingerprint density at radius 2 is 1.72 bits per heavy atom. The van der Waals surface area contributed by atoms with Crippen LogP contribution in [-0.4, -0.2) is 45.9 Å². The van der Waals surface area contributed by atoms with Crippen molar-refractivity contribution in [3.05, 3.63) is 53.8 Å². The predicted molar refractivity (Wildman–Crippen MR) is 107 cm³/mol. The van der Waals surface area contributed by atoms with E-state index < -0.39 is 21.7 Å². The van der Waals surface area contributed by atoms with Crippen molar-refractivity contribution in [2.45, 2.75) is 24.8 Å². The molecule has 2 rings (SSSR count). The van der Waals surface area contributed by atoms with Gasteiger partial charge in [0, 0.05) is 6.54 Å². The number of hydrogen-bond acceptors (Lipinski definition) is 5. The van der Waals surface area contributed by atoms with Crippen LogP contribution < -0.4 is 14.8 Å². The highest BCUT2D eigenvalue weighted by molar-refractivity contribution is 7.89. The van der Waals surface area contributed by atoms with Crippen molar-refractivity contribution in [3.63, 3.8) is 0 Å². The summed E-state index contributed by atoms with van der Waals surface area (Å²) in [5, 5.41) is 2.78. The Morgan fingerprint density at radius 1 is 1.10 bits per heavy atom. The van der Waals surface area contributed by atoms with E-state index in [1.54, 1.807) is 32.0 Å². The molecule has 0 bridgehead atoms. The molecule has 29 heavy (non-hydrogen) atoms. The second-order valence-electron chi connectivity index (χ2n) is 6.29. The molecule has 9 heteroatoms. The first-order valence-electron chi connectivity index (χ1n) is 9.00. The molecule has 158 valence electrons. The lowest BCUT2D eigenvalue weighted by molar-refractivity contribution is -0.121. The molecule has 2 aromatic rings. The lowest BCUT2D eigenvalue weighted by Crippen LogP contribution is -2.41. The summed E-state index contributed by atoms with van der Waals surface area (Å²) in [7, 11) is -0.864. The van der Waals surface area contributed by atoms with E-state index in [0.717, 1.165) is 22.0 Å². The van der Waals surface area contributed by atoms with Crippen LogP contribution in [-0.2, 0) is 14.8 Å². The molecule has 0 saturated carbocycles. The van der Waals surface area contributed by atoms with E-state index in [1.807, 2.05) is 0 Å². The fourth-order valence-electron chi connectivity index (χ4n) is 2.78. The number of carbonyl (C=O) groups excluding carboxylic acids is 1. The summed E-state index contributed by atoms with van der Waals surface area (Å²) in [6, 6.07) is 9.38. The van der Waals surface area contributed by atoms with E-state index in [1.165, 1.54) is 26.4 Å². The predicted octanol–water partition coefficient (Wildman–Crippen LogP) is 2.73. The fraction of sp³-hybridized carbons (Fsp3) is 0.350. The average molecular weight is 424 g/mol. The van der Waals surface area contributed by atoms with Crippen molar-refractivity contribution in [1.29, 1.82) is 0 Å². The number of ether oxygens (including phenoxy) is 2. The van der Waals surface area contributed by atoms with Crippen molar-refractivity contribution < 1.29 is 27.1 Å². The zero-order valence-corrected chi connectivity index (χ0v) is 17.6. The molecule has 0 saturated heterocycles. The Labute approximate surface area is 170 Å². The molecule has 0 aromatic heterocycles. The number of sulfonamides is 1. The SMILES string of the molecule is CCN(CC(=O)NC(C)c1ccc(OC)c(OC)c1)S(=O)(=O)c1ccc(F)cc1. The molecule has 2 aromatic carbocycles. The van der Waals surface area contributed by atoms with Gasteiger partial charge in [-0.15, -0.1) is 0 Å². The molecule has 0 aliphatic carbocycles. The molecule has 1 unspecified atom stereocenters. The topological polar surface area (TPSA) is 84.9 Å². The van der Waals surface area contributed by atoms with Gasteiger partial charge in [0.2, 0.25) is 15.9 Å². The van der Waals surface area contributed by atoms with E-state index in [-0.39, 0.29) is 24.0 Å². The third-order valence-electron chi connectivity index (χ3n) is 4.41. The summed E-state index contributed by atoms with van der Waals surface area (Å²) >= 11 is 0. The molecule has 1 N–H and O–H groups in total. The Hall–Kier alpha value is -2.65. The van der Waals surface area contributed by atoms with Crippen molar-refractivity contribution in [2.75, 3.05) is 27.3 Å². The van der Waals surface area contributed by atoms with Crippen LogP contribution in [0.3, 0.4) is 0 Å². The van der Waals surface area contributed by atoms with Gasteiger partial charge < -0.3 is 14.8 Å². The van der Waals surface area contributed by atoms with Crippen LogP contribution in [0.4, 0.5) is 4.39 Å². The Kier molecular flexibility index (Phi) is 7.58. The highest BCUT2D eigenvalue weighted by Crippen LogP contribution is 2.29. The monoisotopic (exact) mass is 424 g/mol. The normalized spacial score (nSPS) is 12.5. The number of nitrogens with one attached hydrogen (secondary N) is 1. The molecule has 0 fully saturated rings. The number of nitrogens with zero attached hydrogens (tertiary/aromatic N) is 1. The Balaban J connectivity index is 2.10. The summed E-state index contributed by atoms with van der Waals surface area (Å²) in [6.07, 6.45) is 0.